The zero-order valence-corrected chi connectivity index (χ0v) is 9.06. The number of nitrogens with two attached hydrogens (primary N) is 1. The summed E-state index contributed by atoms with van der Waals surface area (Å²) in [5, 5.41) is 8.70. The Morgan fingerprint density at radius 1 is 1.50 bits per heavy atom. The minimum absolute atomic E-state index is 0.382. The number of carbonyl (C=O) groups is 1. The van der Waals surface area contributed by atoms with E-state index in [2.05, 4.69) is 0 Å². The largest absolute Gasteiger partial charge is 0.493 e. The molecule has 1 rings (SSSR count). The zero-order chi connectivity index (χ0) is 12.1. The summed E-state index contributed by atoms with van der Waals surface area (Å²) in [7, 11) is 1.46. The molecule has 0 bridgehead atoms. The van der Waals surface area contributed by atoms with Crippen molar-refractivity contribution >= 4 is 5.91 Å². The predicted octanol–water partition coefficient (Wildman–Crippen LogP) is 0.819. The number of primary amides is 1. The van der Waals surface area contributed by atoms with Crippen LogP contribution in [0.1, 0.15) is 12.5 Å². The number of benzene rings is 1. The first-order valence-electron chi connectivity index (χ1n) is 4.62. The van der Waals surface area contributed by atoms with Crippen LogP contribution < -0.4 is 15.2 Å². The van der Waals surface area contributed by atoms with Gasteiger partial charge >= 0.3 is 0 Å². The number of nitriles is 1. The maximum Gasteiger partial charge on any atom is 0.258 e. The molecule has 1 unspecified atom stereocenters. The van der Waals surface area contributed by atoms with E-state index < -0.39 is 12.0 Å². The quantitative estimate of drug-likeness (QED) is 0.813. The molecule has 1 aromatic carbocycles. The minimum atomic E-state index is -0.748. The van der Waals surface area contributed by atoms with Crippen molar-refractivity contribution in [1.82, 2.24) is 0 Å². The molecule has 0 spiro atoms. The molecule has 0 saturated heterocycles. The number of rotatable bonds is 4. The van der Waals surface area contributed by atoms with Crippen molar-refractivity contribution in [2.45, 2.75) is 13.0 Å². The fourth-order valence-electron chi connectivity index (χ4n) is 1.08. The molecule has 0 aromatic heterocycles. The number of ether oxygens (including phenoxy) is 2. The van der Waals surface area contributed by atoms with E-state index >= 15 is 0 Å². The van der Waals surface area contributed by atoms with Crippen molar-refractivity contribution in [2.24, 2.45) is 5.73 Å². The van der Waals surface area contributed by atoms with Gasteiger partial charge in [-0.25, -0.2) is 0 Å². The fraction of sp³-hybridized carbons (Fsp3) is 0.273. The van der Waals surface area contributed by atoms with Crippen LogP contribution in [-0.4, -0.2) is 19.1 Å². The smallest absolute Gasteiger partial charge is 0.258 e. The summed E-state index contributed by atoms with van der Waals surface area (Å²) < 4.78 is 10.3. The molecule has 0 aliphatic heterocycles. The second kappa shape index (κ2) is 5.03. The molecule has 16 heavy (non-hydrogen) atoms. The Balaban J connectivity index is 2.97. The zero-order valence-electron chi connectivity index (χ0n) is 9.06. The highest BCUT2D eigenvalue weighted by Gasteiger charge is 2.13. The topological polar surface area (TPSA) is 85.3 Å². The van der Waals surface area contributed by atoms with Crippen LogP contribution in [0.25, 0.3) is 0 Å². The van der Waals surface area contributed by atoms with Crippen LogP contribution >= 0.6 is 0 Å². The van der Waals surface area contributed by atoms with Gasteiger partial charge < -0.3 is 15.2 Å². The van der Waals surface area contributed by atoms with E-state index in [9.17, 15) is 4.79 Å². The van der Waals surface area contributed by atoms with Crippen LogP contribution in [0.4, 0.5) is 0 Å². The van der Waals surface area contributed by atoms with Crippen LogP contribution in [0.2, 0.25) is 0 Å². The molecular formula is C11H12N2O3. The highest BCUT2D eigenvalue weighted by Crippen LogP contribution is 2.28. The Bertz CT molecular complexity index is 437. The summed E-state index contributed by atoms with van der Waals surface area (Å²) in [6.07, 6.45) is -0.748. The van der Waals surface area contributed by atoms with Crippen LogP contribution in [0.15, 0.2) is 18.2 Å². The molecule has 0 heterocycles. The Morgan fingerprint density at radius 2 is 2.19 bits per heavy atom. The van der Waals surface area contributed by atoms with E-state index in [4.69, 9.17) is 20.5 Å². The number of carbonyl (C=O) groups excluding carboxylic acids is 1. The molecule has 0 radical (unpaired) electrons. The van der Waals surface area contributed by atoms with Gasteiger partial charge in [0.15, 0.2) is 17.6 Å². The highest BCUT2D eigenvalue weighted by molar-refractivity contribution is 5.78. The molecule has 0 saturated carbocycles. The van der Waals surface area contributed by atoms with Gasteiger partial charge in [-0.15, -0.1) is 0 Å². The summed E-state index contributed by atoms with van der Waals surface area (Å²) in [4.78, 5) is 10.8. The molecule has 0 fully saturated rings. The van der Waals surface area contributed by atoms with Gasteiger partial charge in [0.25, 0.3) is 5.91 Å². The van der Waals surface area contributed by atoms with Crippen molar-refractivity contribution in [3.05, 3.63) is 23.8 Å². The lowest BCUT2D eigenvalue weighted by atomic mass is 10.2. The van der Waals surface area contributed by atoms with Crippen molar-refractivity contribution in [2.75, 3.05) is 7.11 Å². The van der Waals surface area contributed by atoms with Gasteiger partial charge in [-0.1, -0.05) is 0 Å². The standard InChI is InChI=1S/C11H12N2O3/c1-7(11(13)14)16-9-4-3-8(6-12)5-10(9)15-2/h3-5,7H,1-2H3,(H2,13,14). The van der Waals surface area contributed by atoms with Crippen LogP contribution in [0.3, 0.4) is 0 Å². The van der Waals surface area contributed by atoms with Gasteiger partial charge in [0, 0.05) is 6.07 Å². The van der Waals surface area contributed by atoms with E-state index in [-0.39, 0.29) is 0 Å². The molecule has 0 aliphatic carbocycles. The number of amides is 1. The molecule has 1 aromatic rings. The van der Waals surface area contributed by atoms with E-state index in [1.807, 2.05) is 6.07 Å². The minimum Gasteiger partial charge on any atom is -0.493 e. The first kappa shape index (κ1) is 11.9. The lowest BCUT2D eigenvalue weighted by molar-refractivity contribution is -0.124. The van der Waals surface area contributed by atoms with Gasteiger partial charge in [0.2, 0.25) is 0 Å². The second-order valence-corrected chi connectivity index (χ2v) is 3.14. The Labute approximate surface area is 93.4 Å². The van der Waals surface area contributed by atoms with E-state index in [1.54, 1.807) is 19.1 Å². The first-order chi connectivity index (χ1) is 7.58. The second-order valence-electron chi connectivity index (χ2n) is 3.14. The number of nitrogens with zero attached hydrogens (tertiary/aromatic N) is 1. The van der Waals surface area contributed by atoms with E-state index in [0.29, 0.717) is 17.1 Å². The Kier molecular flexibility index (Phi) is 3.72. The molecular weight excluding hydrogens is 208 g/mol. The number of hydrogen-bond donors (Lipinski definition) is 1. The third-order valence-corrected chi connectivity index (χ3v) is 2.00. The summed E-state index contributed by atoms with van der Waals surface area (Å²) in [5.41, 5.74) is 5.53. The monoisotopic (exact) mass is 220 g/mol. The van der Waals surface area contributed by atoms with E-state index in [0.717, 1.165) is 0 Å². The summed E-state index contributed by atoms with van der Waals surface area (Å²) in [5.74, 6) is 0.214. The fourth-order valence-corrected chi connectivity index (χ4v) is 1.08. The predicted molar refractivity (Wildman–Crippen MR) is 57.0 cm³/mol. The lowest BCUT2D eigenvalue weighted by Crippen LogP contribution is -2.30. The van der Waals surface area contributed by atoms with Gasteiger partial charge in [-0.05, 0) is 19.1 Å². The Morgan fingerprint density at radius 3 is 2.69 bits per heavy atom. The average molecular weight is 220 g/mol. The Hall–Kier alpha value is -2.22. The molecule has 5 heteroatoms. The highest BCUT2D eigenvalue weighted by atomic mass is 16.5. The summed E-state index contributed by atoms with van der Waals surface area (Å²) in [6.45, 7) is 1.54. The molecule has 1 atom stereocenters. The van der Waals surface area contributed by atoms with Gasteiger partial charge in [0.05, 0.1) is 18.7 Å². The van der Waals surface area contributed by atoms with Gasteiger partial charge in [0.1, 0.15) is 0 Å². The average Bonchev–Trinajstić information content (AvgIpc) is 2.29. The van der Waals surface area contributed by atoms with Gasteiger partial charge in [-0.2, -0.15) is 5.26 Å². The van der Waals surface area contributed by atoms with Crippen LogP contribution in [0, 0.1) is 11.3 Å². The number of methoxy groups -OCH3 is 1. The maximum absolute atomic E-state index is 10.8. The van der Waals surface area contributed by atoms with Crippen molar-refractivity contribution in [3.8, 4) is 17.6 Å². The lowest BCUT2D eigenvalue weighted by Gasteiger charge is -2.14. The molecule has 84 valence electrons. The van der Waals surface area contributed by atoms with Crippen molar-refractivity contribution in [3.63, 3.8) is 0 Å². The third-order valence-electron chi connectivity index (χ3n) is 2.00. The summed E-state index contributed by atoms with van der Waals surface area (Å²) in [6, 6.07) is 6.65. The van der Waals surface area contributed by atoms with Crippen molar-refractivity contribution in [1.29, 1.82) is 5.26 Å². The van der Waals surface area contributed by atoms with Crippen molar-refractivity contribution < 1.29 is 14.3 Å². The third kappa shape index (κ3) is 2.64. The summed E-state index contributed by atoms with van der Waals surface area (Å²) >= 11 is 0. The van der Waals surface area contributed by atoms with Crippen LogP contribution in [-0.2, 0) is 4.79 Å². The molecule has 2 N–H and O–H groups in total. The normalized spacial score (nSPS) is 11.3. The molecule has 0 aliphatic rings. The SMILES string of the molecule is COc1cc(C#N)ccc1OC(C)C(N)=O. The van der Waals surface area contributed by atoms with E-state index in [1.165, 1.54) is 13.2 Å². The molecule has 1 amide bonds. The molecule has 5 nitrogen and oxygen atoms in total. The van der Waals surface area contributed by atoms with Gasteiger partial charge in [-0.3, -0.25) is 4.79 Å². The van der Waals surface area contributed by atoms with Crippen LogP contribution in [0.5, 0.6) is 11.5 Å². The number of hydrogen-bond acceptors (Lipinski definition) is 4. The first-order valence-corrected chi connectivity index (χ1v) is 4.62. The maximum atomic E-state index is 10.8.